The molecule has 2 unspecified atom stereocenters. The highest BCUT2D eigenvalue weighted by atomic mass is 79.9. The van der Waals surface area contributed by atoms with Crippen LogP contribution in [0.5, 0.6) is 0 Å². The van der Waals surface area contributed by atoms with Crippen LogP contribution < -0.4 is 0 Å². The second kappa shape index (κ2) is 5.95. The Morgan fingerprint density at radius 2 is 2.11 bits per heavy atom. The lowest BCUT2D eigenvalue weighted by atomic mass is 9.96. The van der Waals surface area contributed by atoms with Crippen LogP contribution in [0.2, 0.25) is 0 Å². The molecule has 0 radical (unpaired) electrons. The Balaban J connectivity index is 1.93. The number of hydrogen-bond donors (Lipinski definition) is 1. The van der Waals surface area contributed by atoms with E-state index in [-0.39, 0.29) is 17.8 Å². The summed E-state index contributed by atoms with van der Waals surface area (Å²) in [6.45, 7) is 4.07. The largest absolute Gasteiger partial charge is 0.393 e. The summed E-state index contributed by atoms with van der Waals surface area (Å²) in [5, 5.41) is 9.66. The number of halogens is 1. The number of carbonyl (C=O) groups excluding carboxylic acids is 1. The third kappa shape index (κ3) is 3.40. The first-order valence-electron chi connectivity index (χ1n) is 6.25. The standard InChI is InChI=1S/C14H18BrNO2/c1-10-8-16(7-6-13(10)17)9-14(18)11-2-4-12(15)5-3-11/h2-5,10,13,17H,6-9H2,1H3. The van der Waals surface area contributed by atoms with E-state index in [2.05, 4.69) is 20.8 Å². The maximum absolute atomic E-state index is 12.1. The molecule has 0 bridgehead atoms. The van der Waals surface area contributed by atoms with E-state index in [4.69, 9.17) is 0 Å². The van der Waals surface area contributed by atoms with Crippen LogP contribution in [0.3, 0.4) is 0 Å². The molecule has 0 aromatic heterocycles. The van der Waals surface area contributed by atoms with Gasteiger partial charge in [-0.05, 0) is 24.5 Å². The predicted molar refractivity (Wildman–Crippen MR) is 74.7 cm³/mol. The Labute approximate surface area is 116 Å². The Bertz CT molecular complexity index is 418. The number of aliphatic hydroxyl groups is 1. The molecule has 1 heterocycles. The molecule has 0 spiro atoms. The highest BCUT2D eigenvalue weighted by Gasteiger charge is 2.25. The topological polar surface area (TPSA) is 40.5 Å². The van der Waals surface area contributed by atoms with Crippen molar-refractivity contribution < 1.29 is 9.90 Å². The van der Waals surface area contributed by atoms with E-state index in [1.54, 1.807) is 0 Å². The van der Waals surface area contributed by atoms with E-state index in [9.17, 15) is 9.90 Å². The van der Waals surface area contributed by atoms with E-state index in [1.807, 2.05) is 31.2 Å². The average molecular weight is 312 g/mol. The van der Waals surface area contributed by atoms with Gasteiger partial charge in [0.1, 0.15) is 0 Å². The van der Waals surface area contributed by atoms with Gasteiger partial charge in [-0.15, -0.1) is 0 Å². The maximum atomic E-state index is 12.1. The molecule has 0 amide bonds. The molecule has 1 aromatic rings. The summed E-state index contributed by atoms with van der Waals surface area (Å²) in [6.07, 6.45) is 0.540. The molecule has 1 N–H and O–H groups in total. The molecular formula is C14H18BrNO2. The number of Topliss-reactive ketones (excluding diaryl/α,β-unsaturated/α-hetero) is 1. The fourth-order valence-corrected chi connectivity index (χ4v) is 2.56. The van der Waals surface area contributed by atoms with Crippen LogP contribution in [0.15, 0.2) is 28.7 Å². The van der Waals surface area contributed by atoms with Gasteiger partial charge in [0.15, 0.2) is 5.78 Å². The lowest BCUT2D eigenvalue weighted by Gasteiger charge is -2.33. The van der Waals surface area contributed by atoms with Gasteiger partial charge < -0.3 is 5.11 Å². The van der Waals surface area contributed by atoms with E-state index < -0.39 is 0 Å². The second-order valence-electron chi connectivity index (χ2n) is 5.00. The molecule has 3 nitrogen and oxygen atoms in total. The average Bonchev–Trinajstić information content (AvgIpc) is 2.34. The number of likely N-dealkylation sites (tertiary alicyclic amines) is 1. The van der Waals surface area contributed by atoms with Crippen LogP contribution in [0.25, 0.3) is 0 Å². The number of rotatable bonds is 3. The first-order chi connectivity index (χ1) is 8.56. The van der Waals surface area contributed by atoms with Crippen molar-refractivity contribution in [2.45, 2.75) is 19.4 Å². The number of benzene rings is 1. The molecule has 1 aromatic carbocycles. The number of aliphatic hydroxyl groups excluding tert-OH is 1. The highest BCUT2D eigenvalue weighted by molar-refractivity contribution is 9.10. The summed E-state index contributed by atoms with van der Waals surface area (Å²) in [6, 6.07) is 7.45. The van der Waals surface area contributed by atoms with E-state index >= 15 is 0 Å². The zero-order valence-corrected chi connectivity index (χ0v) is 12.1. The van der Waals surface area contributed by atoms with Crippen LogP contribution in [0.4, 0.5) is 0 Å². The third-order valence-corrected chi connectivity index (χ3v) is 4.01. The lowest BCUT2D eigenvalue weighted by molar-refractivity contribution is 0.0344. The minimum absolute atomic E-state index is 0.145. The maximum Gasteiger partial charge on any atom is 0.176 e. The van der Waals surface area contributed by atoms with Crippen molar-refractivity contribution in [2.75, 3.05) is 19.6 Å². The highest BCUT2D eigenvalue weighted by Crippen LogP contribution is 2.17. The minimum atomic E-state index is -0.218. The van der Waals surface area contributed by atoms with Crippen molar-refractivity contribution in [3.63, 3.8) is 0 Å². The van der Waals surface area contributed by atoms with Crippen LogP contribution >= 0.6 is 15.9 Å². The third-order valence-electron chi connectivity index (χ3n) is 3.48. The molecule has 1 aliphatic rings. The molecule has 1 saturated heterocycles. The van der Waals surface area contributed by atoms with Gasteiger partial charge in [-0.1, -0.05) is 35.0 Å². The molecule has 1 fully saturated rings. The van der Waals surface area contributed by atoms with Crippen molar-refractivity contribution in [3.05, 3.63) is 34.3 Å². The van der Waals surface area contributed by atoms with Gasteiger partial charge in [0, 0.05) is 23.1 Å². The van der Waals surface area contributed by atoms with Crippen molar-refractivity contribution in [3.8, 4) is 0 Å². The summed E-state index contributed by atoms with van der Waals surface area (Å²) in [5.41, 5.74) is 0.747. The van der Waals surface area contributed by atoms with Crippen LogP contribution in [-0.2, 0) is 0 Å². The summed E-state index contributed by atoms with van der Waals surface area (Å²) in [5.74, 6) is 0.391. The minimum Gasteiger partial charge on any atom is -0.393 e. The number of ketones is 1. The van der Waals surface area contributed by atoms with Crippen molar-refractivity contribution in [1.82, 2.24) is 4.90 Å². The molecule has 2 atom stereocenters. The van der Waals surface area contributed by atoms with E-state index in [0.717, 1.165) is 29.5 Å². The lowest BCUT2D eigenvalue weighted by Crippen LogP contribution is -2.44. The molecule has 1 aliphatic heterocycles. The van der Waals surface area contributed by atoms with Gasteiger partial charge in [0.25, 0.3) is 0 Å². The SMILES string of the molecule is CC1CN(CC(=O)c2ccc(Br)cc2)CCC1O. The fraction of sp³-hybridized carbons (Fsp3) is 0.500. The van der Waals surface area contributed by atoms with Gasteiger partial charge in [-0.25, -0.2) is 0 Å². The van der Waals surface area contributed by atoms with E-state index in [0.29, 0.717) is 6.54 Å². The van der Waals surface area contributed by atoms with Gasteiger partial charge in [0.2, 0.25) is 0 Å². The smallest absolute Gasteiger partial charge is 0.176 e. The van der Waals surface area contributed by atoms with Crippen LogP contribution in [-0.4, -0.2) is 41.5 Å². The quantitative estimate of drug-likeness (QED) is 0.871. The number of carbonyl (C=O) groups is 1. The van der Waals surface area contributed by atoms with Crippen molar-refractivity contribution in [2.24, 2.45) is 5.92 Å². The molecule has 4 heteroatoms. The molecular weight excluding hydrogens is 294 g/mol. The first-order valence-corrected chi connectivity index (χ1v) is 7.05. The zero-order chi connectivity index (χ0) is 13.1. The van der Waals surface area contributed by atoms with Crippen molar-refractivity contribution >= 4 is 21.7 Å². The van der Waals surface area contributed by atoms with Crippen LogP contribution in [0, 0.1) is 5.92 Å². The summed E-state index contributed by atoms with van der Waals surface area (Å²) in [7, 11) is 0. The van der Waals surface area contributed by atoms with Crippen LogP contribution in [0.1, 0.15) is 23.7 Å². The Morgan fingerprint density at radius 1 is 1.44 bits per heavy atom. The normalized spacial score (nSPS) is 25.1. The first kappa shape index (κ1) is 13.7. The number of piperidine rings is 1. The van der Waals surface area contributed by atoms with Gasteiger partial charge in [0.05, 0.1) is 12.6 Å². The number of hydrogen-bond acceptors (Lipinski definition) is 3. The van der Waals surface area contributed by atoms with Gasteiger partial charge >= 0.3 is 0 Å². The van der Waals surface area contributed by atoms with Crippen molar-refractivity contribution in [1.29, 1.82) is 0 Å². The van der Waals surface area contributed by atoms with Gasteiger partial charge in [-0.3, -0.25) is 9.69 Å². The summed E-state index contributed by atoms with van der Waals surface area (Å²) >= 11 is 3.36. The zero-order valence-electron chi connectivity index (χ0n) is 10.5. The Morgan fingerprint density at radius 3 is 2.72 bits per heavy atom. The Hall–Kier alpha value is -0.710. The summed E-state index contributed by atoms with van der Waals surface area (Å²) in [4.78, 5) is 14.2. The number of nitrogens with zero attached hydrogens (tertiary/aromatic N) is 1. The summed E-state index contributed by atoms with van der Waals surface area (Å²) < 4.78 is 0.980. The molecule has 18 heavy (non-hydrogen) atoms. The molecule has 98 valence electrons. The molecule has 0 saturated carbocycles. The molecule has 2 rings (SSSR count). The predicted octanol–water partition coefficient (Wildman–Crippen LogP) is 2.33. The van der Waals surface area contributed by atoms with Gasteiger partial charge in [-0.2, -0.15) is 0 Å². The Kier molecular flexibility index (Phi) is 4.54. The second-order valence-corrected chi connectivity index (χ2v) is 5.91. The fourth-order valence-electron chi connectivity index (χ4n) is 2.29. The molecule has 0 aliphatic carbocycles. The monoisotopic (exact) mass is 311 g/mol. The van der Waals surface area contributed by atoms with E-state index in [1.165, 1.54) is 0 Å².